The number of hydrogen-bond donors (Lipinski definition) is 2. The van der Waals surface area contributed by atoms with E-state index in [4.69, 9.17) is 11.6 Å². The average Bonchev–Trinajstić information content (AvgIpc) is 2.78. The summed E-state index contributed by atoms with van der Waals surface area (Å²) in [7, 11) is -1.39. The first-order valence-electron chi connectivity index (χ1n) is 7.00. The van der Waals surface area contributed by atoms with Gasteiger partial charge in [0.15, 0.2) is 5.13 Å². The Hall–Kier alpha value is -1.28. The Bertz CT molecular complexity index is 759. The summed E-state index contributed by atoms with van der Waals surface area (Å²) in [6.07, 6.45) is 0. The molecule has 0 aliphatic heterocycles. The number of carbonyl (C=O) groups is 1. The summed E-state index contributed by atoms with van der Waals surface area (Å²) in [4.78, 5) is 16.9. The third-order valence-electron chi connectivity index (χ3n) is 2.82. The van der Waals surface area contributed by atoms with Crippen LogP contribution in [-0.2, 0) is 15.8 Å². The molecule has 0 bridgehead atoms. The second-order valence-electron chi connectivity index (χ2n) is 5.30. The molecule has 0 radical (unpaired) electrons. The van der Waals surface area contributed by atoms with Crippen LogP contribution in [0.5, 0.6) is 0 Å². The molecule has 0 saturated carbocycles. The van der Waals surface area contributed by atoms with Gasteiger partial charge < -0.3 is 5.32 Å². The molecule has 0 saturated heterocycles. The third kappa shape index (κ3) is 4.60. The maximum absolute atomic E-state index is 12.3. The van der Waals surface area contributed by atoms with E-state index < -0.39 is 11.0 Å². The van der Waals surface area contributed by atoms with Gasteiger partial charge in [-0.05, 0) is 38.5 Å². The van der Waals surface area contributed by atoms with Crippen LogP contribution in [0.2, 0.25) is 5.02 Å². The summed E-state index contributed by atoms with van der Waals surface area (Å²) in [5.74, 6) is -0.163. The zero-order valence-corrected chi connectivity index (χ0v) is 15.7. The van der Waals surface area contributed by atoms with E-state index in [0.717, 1.165) is 16.1 Å². The lowest BCUT2D eigenvalue weighted by Crippen LogP contribution is -2.25. The molecule has 1 aromatic carbocycles. The largest absolute Gasteiger partial charge is 0.302 e. The molecule has 0 spiro atoms. The molecule has 1 heterocycles. The van der Waals surface area contributed by atoms with Gasteiger partial charge in [0.2, 0.25) is 5.91 Å². The Morgan fingerprint density at radius 1 is 1.39 bits per heavy atom. The lowest BCUT2D eigenvalue weighted by Gasteiger charge is -2.10. The van der Waals surface area contributed by atoms with Crippen molar-refractivity contribution >= 4 is 45.0 Å². The van der Waals surface area contributed by atoms with Crippen LogP contribution < -0.4 is 10.0 Å². The number of benzene rings is 1. The Labute approximate surface area is 147 Å². The monoisotopic (exact) mass is 371 g/mol. The van der Waals surface area contributed by atoms with Crippen LogP contribution in [0.3, 0.4) is 0 Å². The van der Waals surface area contributed by atoms with Crippen molar-refractivity contribution in [2.75, 3.05) is 5.32 Å². The predicted molar refractivity (Wildman–Crippen MR) is 96.3 cm³/mol. The number of rotatable bonds is 5. The maximum atomic E-state index is 12.3. The Balaban J connectivity index is 2.39. The lowest BCUT2D eigenvalue weighted by molar-refractivity contribution is -0.114. The fraction of sp³-hybridized carbons (Fsp3) is 0.333. The summed E-state index contributed by atoms with van der Waals surface area (Å²) in [6, 6.07) is 5.46. The van der Waals surface area contributed by atoms with Crippen LogP contribution in [0.1, 0.15) is 26.5 Å². The van der Waals surface area contributed by atoms with Gasteiger partial charge in [0.25, 0.3) is 0 Å². The highest BCUT2D eigenvalue weighted by Crippen LogP contribution is 2.35. The number of nitrogens with one attached hydrogen (secondary N) is 2. The second kappa shape index (κ2) is 7.53. The second-order valence-corrected chi connectivity index (χ2v) is 7.92. The number of carbonyl (C=O) groups excluding carboxylic acids is 1. The molecule has 0 aliphatic carbocycles. The van der Waals surface area contributed by atoms with Crippen molar-refractivity contribution in [2.24, 2.45) is 0 Å². The van der Waals surface area contributed by atoms with E-state index in [1.165, 1.54) is 18.3 Å². The fourth-order valence-corrected chi connectivity index (χ4v) is 4.30. The van der Waals surface area contributed by atoms with Crippen molar-refractivity contribution in [3.8, 4) is 10.4 Å². The van der Waals surface area contributed by atoms with Gasteiger partial charge in [-0.15, -0.1) is 0 Å². The highest BCUT2D eigenvalue weighted by Gasteiger charge is 2.15. The van der Waals surface area contributed by atoms with Crippen LogP contribution in [-0.4, -0.2) is 21.1 Å². The van der Waals surface area contributed by atoms with E-state index in [1.807, 2.05) is 26.8 Å². The highest BCUT2D eigenvalue weighted by atomic mass is 35.5. The summed E-state index contributed by atoms with van der Waals surface area (Å²) >= 11 is 7.55. The zero-order chi connectivity index (χ0) is 17.1. The standard InChI is InChI=1S/C15H18ClN3O2S2/c1-8(2)19-23(21)13-7-11(5-6-12(13)16)14-9(3)17-15(22-14)18-10(4)20/h5-8,19H,1-4H3,(H,17,18,20). The van der Waals surface area contributed by atoms with E-state index in [1.54, 1.807) is 12.1 Å². The lowest BCUT2D eigenvalue weighted by atomic mass is 10.2. The molecule has 23 heavy (non-hydrogen) atoms. The molecule has 1 amide bonds. The Morgan fingerprint density at radius 3 is 2.70 bits per heavy atom. The first-order chi connectivity index (χ1) is 10.8. The summed E-state index contributed by atoms with van der Waals surface area (Å²) < 4.78 is 15.3. The molecular formula is C15H18ClN3O2S2. The van der Waals surface area contributed by atoms with Crippen LogP contribution >= 0.6 is 22.9 Å². The van der Waals surface area contributed by atoms with E-state index in [0.29, 0.717) is 15.0 Å². The van der Waals surface area contributed by atoms with Crippen molar-refractivity contribution in [1.29, 1.82) is 0 Å². The zero-order valence-electron chi connectivity index (χ0n) is 13.3. The SMILES string of the molecule is CC(=O)Nc1nc(C)c(-c2ccc(Cl)c(S(=O)NC(C)C)c2)s1. The molecule has 2 rings (SSSR count). The number of amides is 1. The minimum Gasteiger partial charge on any atom is -0.302 e. The van der Waals surface area contributed by atoms with E-state index in [9.17, 15) is 9.00 Å². The Kier molecular flexibility index (Phi) is 5.91. The number of anilines is 1. The van der Waals surface area contributed by atoms with Crippen LogP contribution in [0.25, 0.3) is 10.4 Å². The summed E-state index contributed by atoms with van der Waals surface area (Å²) in [6.45, 7) is 7.15. The van der Waals surface area contributed by atoms with Crippen molar-refractivity contribution in [1.82, 2.24) is 9.71 Å². The predicted octanol–water partition coefficient (Wildman–Crippen LogP) is 3.75. The number of halogens is 1. The fourth-order valence-electron chi connectivity index (χ4n) is 1.93. The van der Waals surface area contributed by atoms with Gasteiger partial charge in [-0.3, -0.25) is 4.79 Å². The number of aromatic nitrogens is 1. The molecule has 8 heteroatoms. The average molecular weight is 372 g/mol. The van der Waals surface area contributed by atoms with E-state index in [-0.39, 0.29) is 11.9 Å². The number of hydrogen-bond acceptors (Lipinski definition) is 4. The van der Waals surface area contributed by atoms with Gasteiger partial charge in [0.05, 0.1) is 20.5 Å². The van der Waals surface area contributed by atoms with Gasteiger partial charge in [0.1, 0.15) is 11.0 Å². The van der Waals surface area contributed by atoms with Gasteiger partial charge in [-0.2, -0.15) is 0 Å². The smallest absolute Gasteiger partial charge is 0.223 e. The highest BCUT2D eigenvalue weighted by molar-refractivity contribution is 7.83. The van der Waals surface area contributed by atoms with Gasteiger partial charge in [-0.1, -0.05) is 29.0 Å². The third-order valence-corrected chi connectivity index (χ3v) is 5.80. The normalized spacial score (nSPS) is 12.4. The van der Waals surface area contributed by atoms with Crippen molar-refractivity contribution in [3.63, 3.8) is 0 Å². The van der Waals surface area contributed by atoms with Crippen molar-refractivity contribution < 1.29 is 9.00 Å². The summed E-state index contributed by atoms with van der Waals surface area (Å²) in [5.41, 5.74) is 1.67. The first-order valence-corrected chi connectivity index (χ1v) is 9.35. The first kappa shape index (κ1) is 18.1. The molecule has 0 fully saturated rings. The Morgan fingerprint density at radius 2 is 2.09 bits per heavy atom. The number of nitrogens with zero attached hydrogens (tertiary/aromatic N) is 1. The molecule has 0 aliphatic rings. The molecule has 124 valence electrons. The molecule has 1 unspecified atom stereocenters. The quantitative estimate of drug-likeness (QED) is 0.840. The minimum absolute atomic E-state index is 0.0760. The summed E-state index contributed by atoms with van der Waals surface area (Å²) in [5, 5.41) is 3.67. The van der Waals surface area contributed by atoms with Gasteiger partial charge in [0, 0.05) is 13.0 Å². The van der Waals surface area contributed by atoms with Crippen molar-refractivity contribution in [2.45, 2.75) is 38.6 Å². The van der Waals surface area contributed by atoms with Crippen LogP contribution in [0.15, 0.2) is 23.1 Å². The molecule has 1 aromatic heterocycles. The minimum atomic E-state index is -1.39. The topological polar surface area (TPSA) is 71.1 Å². The van der Waals surface area contributed by atoms with Gasteiger partial charge >= 0.3 is 0 Å². The molecule has 1 atom stereocenters. The van der Waals surface area contributed by atoms with E-state index in [2.05, 4.69) is 15.0 Å². The maximum Gasteiger partial charge on any atom is 0.223 e. The van der Waals surface area contributed by atoms with Crippen LogP contribution in [0.4, 0.5) is 5.13 Å². The number of thiazole rings is 1. The van der Waals surface area contributed by atoms with Crippen LogP contribution in [0, 0.1) is 6.92 Å². The molecular weight excluding hydrogens is 354 g/mol. The molecule has 5 nitrogen and oxygen atoms in total. The number of aryl methyl sites for hydroxylation is 1. The van der Waals surface area contributed by atoms with Gasteiger partial charge in [-0.25, -0.2) is 13.9 Å². The molecule has 2 N–H and O–H groups in total. The van der Waals surface area contributed by atoms with Crippen molar-refractivity contribution in [3.05, 3.63) is 28.9 Å². The molecule has 2 aromatic rings. The van der Waals surface area contributed by atoms with E-state index >= 15 is 0 Å².